The number of carbonyl (C=O) groups excluding carboxylic acids is 2. The summed E-state index contributed by atoms with van der Waals surface area (Å²) in [5.41, 5.74) is 8.47. The van der Waals surface area contributed by atoms with Crippen molar-refractivity contribution in [2.75, 3.05) is 32.0 Å². The van der Waals surface area contributed by atoms with Gasteiger partial charge < -0.3 is 20.8 Å². The third-order valence-corrected chi connectivity index (χ3v) is 7.40. The number of pyridine rings is 1. The van der Waals surface area contributed by atoms with Crippen molar-refractivity contribution < 1.29 is 24.2 Å². The highest BCUT2D eigenvalue weighted by molar-refractivity contribution is 6.00. The minimum absolute atomic E-state index is 0.147. The number of hydrogen-bond acceptors (Lipinski definition) is 8. The number of piperidine rings is 1. The molecule has 11 heteroatoms. The fourth-order valence-corrected chi connectivity index (χ4v) is 5.07. The highest BCUT2D eigenvalue weighted by Gasteiger charge is 2.38. The smallest absolute Gasteiger partial charge is 0.233 e. The SMILES string of the molecule is CC(=O)c1c(C2CCN(C(=O)C(C)(CO)CO)CC2)nc2c(-c3cnc4ccc(F)cc4c3)cnn2c1N. The van der Waals surface area contributed by atoms with Crippen LogP contribution in [-0.4, -0.2) is 72.7 Å². The van der Waals surface area contributed by atoms with Gasteiger partial charge in [-0.15, -0.1) is 0 Å². The molecule has 10 nitrogen and oxygen atoms in total. The summed E-state index contributed by atoms with van der Waals surface area (Å²) in [5, 5.41) is 24.2. The number of aliphatic hydroxyl groups is 2. The zero-order valence-electron chi connectivity index (χ0n) is 21.2. The first-order chi connectivity index (χ1) is 18.2. The molecule has 38 heavy (non-hydrogen) atoms. The normalized spacial score (nSPS) is 14.9. The van der Waals surface area contributed by atoms with E-state index >= 15 is 0 Å². The first kappa shape index (κ1) is 25.7. The van der Waals surface area contributed by atoms with Crippen molar-refractivity contribution in [1.82, 2.24) is 24.5 Å². The average Bonchev–Trinajstić information content (AvgIpc) is 3.36. The summed E-state index contributed by atoms with van der Waals surface area (Å²) >= 11 is 0. The fourth-order valence-electron chi connectivity index (χ4n) is 5.07. The van der Waals surface area contributed by atoms with E-state index in [-0.39, 0.29) is 29.2 Å². The van der Waals surface area contributed by atoms with Crippen LogP contribution in [0.25, 0.3) is 27.7 Å². The molecule has 0 saturated carbocycles. The Morgan fingerprint density at radius 2 is 1.87 bits per heavy atom. The van der Waals surface area contributed by atoms with Gasteiger partial charge in [0, 0.05) is 41.7 Å². The van der Waals surface area contributed by atoms with Gasteiger partial charge in [0.15, 0.2) is 11.4 Å². The van der Waals surface area contributed by atoms with E-state index in [1.54, 1.807) is 23.4 Å². The van der Waals surface area contributed by atoms with Crippen molar-refractivity contribution in [2.24, 2.45) is 5.41 Å². The highest BCUT2D eigenvalue weighted by Crippen LogP contribution is 2.36. The predicted octanol–water partition coefficient (Wildman–Crippen LogP) is 2.57. The molecular formula is C27H29FN6O4. The Labute approximate surface area is 217 Å². The summed E-state index contributed by atoms with van der Waals surface area (Å²) in [6.07, 6.45) is 4.32. The van der Waals surface area contributed by atoms with Crippen LogP contribution >= 0.6 is 0 Å². The number of amides is 1. The average molecular weight is 521 g/mol. The lowest BCUT2D eigenvalue weighted by Crippen LogP contribution is -2.49. The first-order valence-electron chi connectivity index (χ1n) is 12.4. The Hall–Kier alpha value is -3.96. The van der Waals surface area contributed by atoms with E-state index < -0.39 is 18.6 Å². The molecule has 4 heterocycles. The van der Waals surface area contributed by atoms with Crippen LogP contribution < -0.4 is 5.73 Å². The predicted molar refractivity (Wildman–Crippen MR) is 139 cm³/mol. The molecule has 0 unspecified atom stereocenters. The van der Waals surface area contributed by atoms with Crippen molar-refractivity contribution in [3.63, 3.8) is 0 Å². The van der Waals surface area contributed by atoms with E-state index in [2.05, 4.69) is 10.1 Å². The van der Waals surface area contributed by atoms with Crippen molar-refractivity contribution in [3.8, 4) is 11.1 Å². The molecule has 1 aromatic carbocycles. The maximum Gasteiger partial charge on any atom is 0.233 e. The van der Waals surface area contributed by atoms with Crippen molar-refractivity contribution in [2.45, 2.75) is 32.6 Å². The molecule has 4 N–H and O–H groups in total. The molecule has 0 bridgehead atoms. The van der Waals surface area contributed by atoms with Gasteiger partial charge >= 0.3 is 0 Å². The molecular weight excluding hydrogens is 491 g/mol. The molecule has 1 saturated heterocycles. The van der Waals surface area contributed by atoms with Gasteiger partial charge in [0.2, 0.25) is 5.91 Å². The number of benzene rings is 1. The van der Waals surface area contributed by atoms with Crippen LogP contribution in [0.3, 0.4) is 0 Å². The summed E-state index contributed by atoms with van der Waals surface area (Å²) in [4.78, 5) is 36.5. The Morgan fingerprint density at radius 1 is 1.16 bits per heavy atom. The number of nitrogens with zero attached hydrogens (tertiary/aromatic N) is 5. The quantitative estimate of drug-likeness (QED) is 0.329. The summed E-state index contributed by atoms with van der Waals surface area (Å²) in [5.74, 6) is -0.885. The minimum atomic E-state index is -1.25. The summed E-state index contributed by atoms with van der Waals surface area (Å²) < 4.78 is 15.3. The van der Waals surface area contributed by atoms with Gasteiger partial charge in [0.05, 0.1) is 41.6 Å². The molecule has 0 atom stereocenters. The topological polar surface area (TPSA) is 147 Å². The monoisotopic (exact) mass is 520 g/mol. The Kier molecular flexibility index (Phi) is 6.58. The molecule has 4 aromatic rings. The number of nitrogen functional groups attached to an aromatic ring is 1. The van der Waals surface area contributed by atoms with Crippen LogP contribution in [0.15, 0.2) is 36.7 Å². The molecule has 0 radical (unpaired) electrons. The van der Waals surface area contributed by atoms with Gasteiger partial charge in [-0.3, -0.25) is 14.6 Å². The number of fused-ring (bicyclic) bond motifs is 2. The number of likely N-dealkylation sites (tertiary alicyclic amines) is 1. The Balaban J connectivity index is 1.53. The van der Waals surface area contributed by atoms with E-state index in [1.807, 2.05) is 6.07 Å². The van der Waals surface area contributed by atoms with Crippen LogP contribution in [0.2, 0.25) is 0 Å². The summed E-state index contributed by atoms with van der Waals surface area (Å²) in [7, 11) is 0. The molecule has 0 spiro atoms. The molecule has 1 amide bonds. The number of halogens is 1. The molecule has 3 aromatic heterocycles. The van der Waals surface area contributed by atoms with Crippen LogP contribution in [0.4, 0.5) is 10.2 Å². The number of carbonyl (C=O) groups is 2. The van der Waals surface area contributed by atoms with Crippen LogP contribution in [0, 0.1) is 11.2 Å². The number of aliphatic hydroxyl groups excluding tert-OH is 2. The number of ketones is 1. The lowest BCUT2D eigenvalue weighted by atomic mass is 9.86. The van der Waals surface area contributed by atoms with E-state index in [0.717, 1.165) is 0 Å². The number of hydrogen-bond donors (Lipinski definition) is 3. The first-order valence-corrected chi connectivity index (χ1v) is 12.4. The second-order valence-corrected chi connectivity index (χ2v) is 10.1. The largest absolute Gasteiger partial charge is 0.395 e. The van der Waals surface area contributed by atoms with Gasteiger partial charge in [-0.25, -0.2) is 9.37 Å². The van der Waals surface area contributed by atoms with Crippen LogP contribution in [0.5, 0.6) is 0 Å². The second kappa shape index (κ2) is 9.73. The maximum atomic E-state index is 13.8. The number of Topliss-reactive ketones (excluding diaryl/α,β-unsaturated/α-hetero) is 1. The van der Waals surface area contributed by atoms with Gasteiger partial charge in [-0.2, -0.15) is 9.61 Å². The lowest BCUT2D eigenvalue weighted by Gasteiger charge is -2.37. The zero-order chi connectivity index (χ0) is 27.2. The maximum absolute atomic E-state index is 13.8. The third-order valence-electron chi connectivity index (χ3n) is 7.40. The molecule has 0 aliphatic carbocycles. The van der Waals surface area contributed by atoms with Crippen molar-refractivity contribution in [1.29, 1.82) is 0 Å². The van der Waals surface area contributed by atoms with E-state index in [1.165, 1.54) is 30.5 Å². The number of anilines is 1. The van der Waals surface area contributed by atoms with Crippen molar-refractivity contribution in [3.05, 3.63) is 53.7 Å². The molecule has 1 aliphatic rings. The second-order valence-electron chi connectivity index (χ2n) is 10.1. The Bertz CT molecular complexity index is 1560. The van der Waals surface area contributed by atoms with Gasteiger partial charge in [-0.1, -0.05) is 0 Å². The number of rotatable bonds is 6. The van der Waals surface area contributed by atoms with E-state index in [0.29, 0.717) is 64.9 Å². The summed E-state index contributed by atoms with van der Waals surface area (Å²) in [6, 6.07) is 6.18. The highest BCUT2D eigenvalue weighted by atomic mass is 19.1. The van der Waals surface area contributed by atoms with Gasteiger partial charge in [-0.05, 0) is 51.0 Å². The number of nitrogens with two attached hydrogens (primary N) is 1. The van der Waals surface area contributed by atoms with Crippen LogP contribution in [0.1, 0.15) is 48.7 Å². The molecule has 5 rings (SSSR count). The standard InChI is InChI=1S/C27H29FN6O4/c1-15(37)22-23(16-5-7-33(8-6-16)26(38)27(2,13-35)14-36)32-25-20(12-31-34(25)24(22)29)18-9-17-10-19(28)3-4-21(17)30-11-18/h3-4,9-12,16,35-36H,5-8,13-14,29H2,1-2H3. The van der Waals surface area contributed by atoms with Crippen molar-refractivity contribution >= 4 is 34.1 Å². The van der Waals surface area contributed by atoms with E-state index in [4.69, 9.17) is 10.7 Å². The lowest BCUT2D eigenvalue weighted by molar-refractivity contribution is -0.147. The van der Waals surface area contributed by atoms with Crippen LogP contribution in [-0.2, 0) is 4.79 Å². The zero-order valence-corrected chi connectivity index (χ0v) is 21.2. The third kappa shape index (κ3) is 4.27. The molecule has 1 aliphatic heterocycles. The fraction of sp³-hybridized carbons (Fsp3) is 0.370. The number of aromatic nitrogens is 4. The molecule has 198 valence electrons. The van der Waals surface area contributed by atoms with E-state index in [9.17, 15) is 24.2 Å². The summed E-state index contributed by atoms with van der Waals surface area (Å²) in [6.45, 7) is 2.83. The minimum Gasteiger partial charge on any atom is -0.395 e. The van der Waals surface area contributed by atoms with Gasteiger partial charge in [0.25, 0.3) is 0 Å². The molecule has 1 fully saturated rings. The van der Waals surface area contributed by atoms with Gasteiger partial charge in [0.1, 0.15) is 11.6 Å². The Morgan fingerprint density at radius 3 is 2.53 bits per heavy atom.